The van der Waals surface area contributed by atoms with Crippen LogP contribution >= 0.6 is 0 Å². The number of rotatable bonds is 4. The molecule has 0 aliphatic rings. The van der Waals surface area contributed by atoms with E-state index in [-0.39, 0.29) is 5.69 Å². The Kier molecular flexibility index (Phi) is 3.30. The highest BCUT2D eigenvalue weighted by atomic mass is 16.6. The maximum atomic E-state index is 10.6. The molecule has 1 aromatic carbocycles. The van der Waals surface area contributed by atoms with Crippen LogP contribution < -0.4 is 5.32 Å². The van der Waals surface area contributed by atoms with Crippen LogP contribution in [0.1, 0.15) is 19.7 Å². The highest BCUT2D eigenvalue weighted by molar-refractivity contribution is 5.56. The van der Waals surface area contributed by atoms with E-state index in [2.05, 4.69) is 15.5 Å². The normalized spacial score (nSPS) is 11.5. The summed E-state index contributed by atoms with van der Waals surface area (Å²) in [5.74, 6) is 0.872. The van der Waals surface area contributed by atoms with Crippen molar-refractivity contribution >= 4 is 5.69 Å². The minimum Gasteiger partial charge on any atom is -0.337 e. The number of nitrogens with one attached hydrogen (secondary N) is 1. The van der Waals surface area contributed by atoms with E-state index < -0.39 is 10.5 Å². The first-order chi connectivity index (χ1) is 8.94. The van der Waals surface area contributed by atoms with Gasteiger partial charge in [0.1, 0.15) is 0 Å². The van der Waals surface area contributed by atoms with Gasteiger partial charge in [-0.25, -0.2) is 0 Å². The molecule has 0 saturated carbocycles. The number of benzene rings is 1. The number of hydrogen-bond acceptors (Lipinski definition) is 6. The summed E-state index contributed by atoms with van der Waals surface area (Å²) >= 11 is 0. The smallest absolute Gasteiger partial charge is 0.269 e. The SMILES string of the molecule is CNC(C)(C)c1nc(-c2ccc([N+](=O)[O-])cc2)no1. The summed E-state index contributed by atoms with van der Waals surface area (Å²) < 4.78 is 5.19. The van der Waals surface area contributed by atoms with Crippen molar-refractivity contribution in [2.45, 2.75) is 19.4 Å². The fourth-order valence-electron chi connectivity index (χ4n) is 1.43. The fourth-order valence-corrected chi connectivity index (χ4v) is 1.43. The average Bonchev–Trinajstić information content (AvgIpc) is 2.89. The Bertz CT molecular complexity index is 589. The van der Waals surface area contributed by atoms with Crippen molar-refractivity contribution in [1.82, 2.24) is 15.5 Å². The highest BCUT2D eigenvalue weighted by Gasteiger charge is 2.25. The molecule has 0 bridgehead atoms. The van der Waals surface area contributed by atoms with Crippen molar-refractivity contribution in [3.05, 3.63) is 40.3 Å². The number of nitrogens with zero attached hydrogens (tertiary/aromatic N) is 3. The first-order valence-electron chi connectivity index (χ1n) is 5.72. The van der Waals surface area contributed by atoms with Gasteiger partial charge in [0.2, 0.25) is 11.7 Å². The molecule has 19 heavy (non-hydrogen) atoms. The van der Waals surface area contributed by atoms with Crippen LogP contribution in [0, 0.1) is 10.1 Å². The average molecular weight is 262 g/mol. The summed E-state index contributed by atoms with van der Waals surface area (Å²) in [6.45, 7) is 3.83. The Morgan fingerprint density at radius 3 is 2.47 bits per heavy atom. The number of nitro groups is 1. The van der Waals surface area contributed by atoms with Gasteiger partial charge in [-0.1, -0.05) is 5.16 Å². The molecule has 7 nitrogen and oxygen atoms in total. The lowest BCUT2D eigenvalue weighted by molar-refractivity contribution is -0.384. The molecule has 100 valence electrons. The molecular weight excluding hydrogens is 248 g/mol. The minimum atomic E-state index is -0.449. The molecule has 0 spiro atoms. The van der Waals surface area contributed by atoms with Crippen LogP contribution in [0.5, 0.6) is 0 Å². The van der Waals surface area contributed by atoms with Gasteiger partial charge in [0.15, 0.2) is 0 Å². The van der Waals surface area contributed by atoms with Crippen LogP contribution in [0.2, 0.25) is 0 Å². The van der Waals surface area contributed by atoms with Crippen LogP contribution in [0.4, 0.5) is 5.69 Å². The largest absolute Gasteiger partial charge is 0.337 e. The predicted octanol–water partition coefficient (Wildman–Crippen LogP) is 2.10. The third-order valence-corrected chi connectivity index (χ3v) is 2.92. The monoisotopic (exact) mass is 262 g/mol. The third-order valence-electron chi connectivity index (χ3n) is 2.92. The summed E-state index contributed by atoms with van der Waals surface area (Å²) in [6.07, 6.45) is 0. The zero-order valence-electron chi connectivity index (χ0n) is 10.9. The van der Waals surface area contributed by atoms with E-state index in [4.69, 9.17) is 4.52 Å². The quantitative estimate of drug-likeness (QED) is 0.669. The van der Waals surface area contributed by atoms with Crippen LogP contribution in [0.15, 0.2) is 28.8 Å². The second-order valence-electron chi connectivity index (χ2n) is 4.60. The molecule has 0 aliphatic carbocycles. The first-order valence-corrected chi connectivity index (χ1v) is 5.72. The second-order valence-corrected chi connectivity index (χ2v) is 4.60. The molecule has 0 unspecified atom stereocenters. The molecule has 0 radical (unpaired) electrons. The van der Waals surface area contributed by atoms with Crippen molar-refractivity contribution in [2.75, 3.05) is 7.05 Å². The Morgan fingerprint density at radius 2 is 1.95 bits per heavy atom. The van der Waals surface area contributed by atoms with E-state index in [1.165, 1.54) is 12.1 Å². The van der Waals surface area contributed by atoms with E-state index in [9.17, 15) is 10.1 Å². The standard InChI is InChI=1S/C12H14N4O3/c1-12(2,13-3)11-14-10(15-19-11)8-4-6-9(7-5-8)16(17)18/h4-7,13H,1-3H3. The van der Waals surface area contributed by atoms with Crippen molar-refractivity contribution in [1.29, 1.82) is 0 Å². The number of aromatic nitrogens is 2. The van der Waals surface area contributed by atoms with E-state index in [1.54, 1.807) is 19.2 Å². The maximum absolute atomic E-state index is 10.6. The van der Waals surface area contributed by atoms with Crippen LogP contribution in [0.25, 0.3) is 11.4 Å². The predicted molar refractivity (Wildman–Crippen MR) is 68.5 cm³/mol. The number of hydrogen-bond donors (Lipinski definition) is 1. The molecule has 2 aromatic rings. The summed E-state index contributed by atoms with van der Waals surface area (Å²) in [5.41, 5.74) is 0.280. The molecule has 2 rings (SSSR count). The van der Waals surface area contributed by atoms with E-state index >= 15 is 0 Å². The molecule has 0 saturated heterocycles. The number of non-ortho nitro benzene ring substituents is 1. The summed E-state index contributed by atoms with van der Waals surface area (Å²) in [6, 6.07) is 6.02. The van der Waals surface area contributed by atoms with Crippen LogP contribution in [-0.2, 0) is 5.54 Å². The van der Waals surface area contributed by atoms with Crippen molar-refractivity contribution < 1.29 is 9.45 Å². The van der Waals surface area contributed by atoms with Gasteiger partial charge in [0.05, 0.1) is 10.5 Å². The fraction of sp³-hybridized carbons (Fsp3) is 0.333. The zero-order chi connectivity index (χ0) is 14.0. The van der Waals surface area contributed by atoms with Gasteiger partial charge in [-0.3, -0.25) is 10.1 Å². The lowest BCUT2D eigenvalue weighted by Gasteiger charge is -2.17. The van der Waals surface area contributed by atoms with E-state index in [0.29, 0.717) is 17.3 Å². The molecule has 0 aliphatic heterocycles. The Hall–Kier alpha value is -2.28. The molecule has 1 N–H and O–H groups in total. The molecule has 0 amide bonds. The van der Waals surface area contributed by atoms with Crippen LogP contribution in [-0.4, -0.2) is 22.1 Å². The lowest BCUT2D eigenvalue weighted by Crippen LogP contribution is -2.33. The molecule has 0 atom stereocenters. The maximum Gasteiger partial charge on any atom is 0.269 e. The van der Waals surface area contributed by atoms with Crippen molar-refractivity contribution in [2.24, 2.45) is 0 Å². The van der Waals surface area contributed by atoms with E-state index in [1.807, 2.05) is 13.8 Å². The molecular formula is C12H14N4O3. The third kappa shape index (κ3) is 2.60. The topological polar surface area (TPSA) is 94.1 Å². The number of nitro benzene ring substituents is 1. The summed E-state index contributed by atoms with van der Waals surface area (Å²) in [4.78, 5) is 14.4. The molecule has 1 aromatic heterocycles. The van der Waals surface area contributed by atoms with Crippen LogP contribution in [0.3, 0.4) is 0 Å². The molecule has 0 fully saturated rings. The first kappa shape index (κ1) is 13.2. The van der Waals surface area contributed by atoms with Gasteiger partial charge < -0.3 is 9.84 Å². The van der Waals surface area contributed by atoms with Gasteiger partial charge in [-0.15, -0.1) is 0 Å². The van der Waals surface area contributed by atoms with Gasteiger partial charge >= 0.3 is 0 Å². The van der Waals surface area contributed by atoms with Crippen molar-refractivity contribution in [3.8, 4) is 11.4 Å². The summed E-state index contributed by atoms with van der Waals surface area (Å²) in [7, 11) is 1.80. The van der Waals surface area contributed by atoms with Crippen molar-refractivity contribution in [3.63, 3.8) is 0 Å². The van der Waals surface area contributed by atoms with Gasteiger partial charge in [0, 0.05) is 17.7 Å². The highest BCUT2D eigenvalue weighted by Crippen LogP contribution is 2.23. The molecule has 7 heteroatoms. The lowest BCUT2D eigenvalue weighted by atomic mass is 10.1. The minimum absolute atomic E-state index is 0.0306. The zero-order valence-corrected chi connectivity index (χ0v) is 10.9. The summed E-state index contributed by atoms with van der Waals surface area (Å²) in [5, 5.41) is 17.5. The van der Waals surface area contributed by atoms with Gasteiger partial charge in [-0.2, -0.15) is 4.98 Å². The Balaban J connectivity index is 2.30. The van der Waals surface area contributed by atoms with Gasteiger partial charge in [-0.05, 0) is 33.0 Å². The Morgan fingerprint density at radius 1 is 1.32 bits per heavy atom. The van der Waals surface area contributed by atoms with E-state index in [0.717, 1.165) is 0 Å². The van der Waals surface area contributed by atoms with Gasteiger partial charge in [0.25, 0.3) is 5.69 Å². The Labute approximate surface area is 109 Å². The second kappa shape index (κ2) is 4.77. The molecule has 1 heterocycles.